The summed E-state index contributed by atoms with van der Waals surface area (Å²) in [4.78, 5) is 27.4. The molecule has 0 aliphatic carbocycles. The molecule has 0 saturated heterocycles. The summed E-state index contributed by atoms with van der Waals surface area (Å²) in [6.07, 6.45) is 1.29. The van der Waals surface area contributed by atoms with Crippen molar-refractivity contribution in [3.8, 4) is 11.8 Å². The van der Waals surface area contributed by atoms with E-state index in [0.29, 0.717) is 11.4 Å². The van der Waals surface area contributed by atoms with E-state index in [1.165, 1.54) is 34.9 Å². The van der Waals surface area contributed by atoms with Crippen LogP contribution >= 0.6 is 23.2 Å². The molecule has 2 N–H and O–H groups in total. The lowest BCUT2D eigenvalue weighted by Crippen LogP contribution is -2.14. The normalized spacial score (nSPS) is 11.0. The predicted molar refractivity (Wildman–Crippen MR) is 109 cm³/mol. The van der Waals surface area contributed by atoms with Crippen molar-refractivity contribution < 1.29 is 14.7 Å². The summed E-state index contributed by atoms with van der Waals surface area (Å²) < 4.78 is 1.51. The summed E-state index contributed by atoms with van der Waals surface area (Å²) in [5.74, 6) is -1.77. The Balaban J connectivity index is 1.93. The first-order valence-corrected chi connectivity index (χ1v) is 8.92. The van der Waals surface area contributed by atoms with Crippen molar-refractivity contribution in [1.29, 1.82) is 5.26 Å². The average molecular weight is 427 g/mol. The highest BCUT2D eigenvalue weighted by molar-refractivity contribution is 6.34. The van der Waals surface area contributed by atoms with Gasteiger partial charge in [-0.05, 0) is 54.1 Å². The Kier molecular flexibility index (Phi) is 5.98. The van der Waals surface area contributed by atoms with Gasteiger partial charge in [0, 0.05) is 11.4 Å². The van der Waals surface area contributed by atoms with Crippen molar-refractivity contribution in [2.24, 2.45) is 0 Å². The van der Waals surface area contributed by atoms with Crippen molar-refractivity contribution in [2.75, 3.05) is 5.32 Å². The second-order valence-electron chi connectivity index (χ2n) is 5.73. The number of rotatable bonds is 5. The van der Waals surface area contributed by atoms with Gasteiger partial charge in [-0.15, -0.1) is 0 Å². The summed E-state index contributed by atoms with van der Waals surface area (Å²) in [7, 11) is 0. The predicted octanol–water partition coefficient (Wildman–Crippen LogP) is 4.42. The molecular weight excluding hydrogens is 415 g/mol. The maximum absolute atomic E-state index is 12.5. The summed E-state index contributed by atoms with van der Waals surface area (Å²) in [6.45, 7) is 0. The molecule has 144 valence electrons. The van der Waals surface area contributed by atoms with Gasteiger partial charge >= 0.3 is 5.97 Å². The Morgan fingerprint density at radius 3 is 2.34 bits per heavy atom. The zero-order chi connectivity index (χ0) is 21.0. The molecule has 0 fully saturated rings. The number of carboxylic acid groups (broad SMARTS) is 1. The maximum atomic E-state index is 12.5. The van der Waals surface area contributed by atoms with Gasteiger partial charge in [0.2, 0.25) is 5.28 Å². The highest BCUT2D eigenvalue weighted by Gasteiger charge is 2.18. The zero-order valence-corrected chi connectivity index (χ0v) is 16.1. The summed E-state index contributed by atoms with van der Waals surface area (Å²) in [6, 6.07) is 16.3. The van der Waals surface area contributed by atoms with Crippen LogP contribution in [-0.2, 0) is 4.79 Å². The van der Waals surface area contributed by atoms with Crippen LogP contribution in [0, 0.1) is 11.3 Å². The van der Waals surface area contributed by atoms with Crippen LogP contribution in [0.2, 0.25) is 10.4 Å². The molecule has 7 nitrogen and oxygen atoms in total. The minimum Gasteiger partial charge on any atom is -0.478 e. The summed E-state index contributed by atoms with van der Waals surface area (Å²) >= 11 is 12.3. The molecule has 1 heterocycles. The molecule has 1 amide bonds. The van der Waals surface area contributed by atoms with Crippen LogP contribution in [0.15, 0.2) is 60.2 Å². The van der Waals surface area contributed by atoms with Crippen LogP contribution in [0.4, 0.5) is 5.69 Å². The number of carbonyl (C=O) groups excluding carboxylic acids is 1. The largest absolute Gasteiger partial charge is 0.478 e. The molecule has 0 aliphatic heterocycles. The molecule has 3 aromatic rings. The number of hydrogen-bond donors (Lipinski definition) is 2. The van der Waals surface area contributed by atoms with Crippen LogP contribution in [-0.4, -0.2) is 26.5 Å². The topological polar surface area (TPSA) is 108 Å². The molecule has 29 heavy (non-hydrogen) atoms. The van der Waals surface area contributed by atoms with Gasteiger partial charge in [0.05, 0.1) is 11.3 Å². The minimum absolute atomic E-state index is 0.0326. The third-order valence-electron chi connectivity index (χ3n) is 3.88. The number of nitriles is 1. The number of halogens is 2. The molecule has 0 aliphatic rings. The molecule has 1 aromatic heterocycles. The van der Waals surface area contributed by atoms with Crippen molar-refractivity contribution >= 4 is 46.8 Å². The Bertz CT molecular complexity index is 1150. The van der Waals surface area contributed by atoms with E-state index in [1.807, 2.05) is 12.1 Å². The maximum Gasteiger partial charge on any atom is 0.335 e. The number of nitrogens with zero attached hydrogens (tertiary/aromatic N) is 3. The lowest BCUT2D eigenvalue weighted by Gasteiger charge is -2.08. The number of nitrogens with one attached hydrogen (secondary N) is 1. The van der Waals surface area contributed by atoms with Crippen LogP contribution in [0.3, 0.4) is 0 Å². The number of hydrogen-bond acceptors (Lipinski definition) is 4. The Hall–Kier alpha value is -3.60. The molecule has 0 radical (unpaired) electrons. The van der Waals surface area contributed by atoms with E-state index in [9.17, 15) is 14.9 Å². The number of amides is 1. The third kappa shape index (κ3) is 4.46. The fraction of sp³-hybridized carbons (Fsp3) is 0. The molecular formula is C20H12Cl2N4O3. The number of benzene rings is 2. The fourth-order valence-corrected chi connectivity index (χ4v) is 3.04. The minimum atomic E-state index is -1.08. The second kappa shape index (κ2) is 8.61. The van der Waals surface area contributed by atoms with Crippen molar-refractivity contribution in [3.05, 3.63) is 81.9 Å². The van der Waals surface area contributed by atoms with E-state index < -0.39 is 11.9 Å². The van der Waals surface area contributed by atoms with E-state index >= 15 is 0 Å². The molecule has 2 aromatic carbocycles. The van der Waals surface area contributed by atoms with Crippen molar-refractivity contribution in [2.45, 2.75) is 0 Å². The third-order valence-corrected chi connectivity index (χ3v) is 4.41. The molecule has 0 saturated carbocycles. The molecule has 9 heteroatoms. The number of anilines is 1. The smallest absolute Gasteiger partial charge is 0.335 e. The number of para-hydroxylation sites is 1. The number of aromatic carboxylic acids is 1. The first kappa shape index (κ1) is 20.1. The summed E-state index contributed by atoms with van der Waals surface area (Å²) in [5, 5.41) is 21.0. The monoisotopic (exact) mass is 426 g/mol. The van der Waals surface area contributed by atoms with Crippen LogP contribution in [0.5, 0.6) is 0 Å². The molecule has 0 spiro atoms. The summed E-state index contributed by atoms with van der Waals surface area (Å²) in [5.41, 5.74) is 1.11. The first-order valence-electron chi connectivity index (χ1n) is 8.16. The van der Waals surface area contributed by atoms with E-state index in [2.05, 4.69) is 10.3 Å². The number of carboxylic acids is 1. The lowest BCUT2D eigenvalue weighted by atomic mass is 10.2. The van der Waals surface area contributed by atoms with E-state index in [4.69, 9.17) is 28.3 Å². The number of imidazole rings is 1. The number of aromatic nitrogens is 2. The fourth-order valence-electron chi connectivity index (χ4n) is 2.51. The van der Waals surface area contributed by atoms with Gasteiger partial charge in [-0.1, -0.05) is 29.8 Å². The quantitative estimate of drug-likeness (QED) is 0.463. The van der Waals surface area contributed by atoms with Crippen LogP contribution in [0.1, 0.15) is 16.1 Å². The van der Waals surface area contributed by atoms with Gasteiger partial charge in [0.25, 0.3) is 5.91 Å². The molecule has 0 bridgehead atoms. The highest BCUT2D eigenvalue weighted by Crippen LogP contribution is 2.27. The molecule has 0 unspecified atom stereocenters. The molecule has 3 rings (SSSR count). The lowest BCUT2D eigenvalue weighted by molar-refractivity contribution is -0.112. The van der Waals surface area contributed by atoms with Crippen molar-refractivity contribution in [3.63, 3.8) is 0 Å². The van der Waals surface area contributed by atoms with Crippen molar-refractivity contribution in [1.82, 2.24) is 9.55 Å². The van der Waals surface area contributed by atoms with Gasteiger partial charge in [-0.2, -0.15) is 5.26 Å². The Morgan fingerprint density at radius 2 is 1.76 bits per heavy atom. The zero-order valence-electron chi connectivity index (χ0n) is 14.6. The van der Waals surface area contributed by atoms with E-state index in [0.717, 1.165) is 0 Å². The van der Waals surface area contributed by atoms with Gasteiger partial charge in [-0.3, -0.25) is 9.36 Å². The molecule has 0 atom stereocenters. The van der Waals surface area contributed by atoms with Gasteiger partial charge < -0.3 is 10.4 Å². The van der Waals surface area contributed by atoms with Crippen LogP contribution < -0.4 is 5.32 Å². The highest BCUT2D eigenvalue weighted by atomic mass is 35.5. The van der Waals surface area contributed by atoms with E-state index in [-0.39, 0.29) is 27.3 Å². The van der Waals surface area contributed by atoms with Gasteiger partial charge in [0.1, 0.15) is 11.6 Å². The Labute approximate surface area is 175 Å². The second-order valence-corrected chi connectivity index (χ2v) is 6.43. The Morgan fingerprint density at radius 1 is 1.10 bits per heavy atom. The van der Waals surface area contributed by atoms with Crippen LogP contribution in [0.25, 0.3) is 11.8 Å². The SMILES string of the molecule is N#CC(=Cc1c(Cl)nc(Cl)n1-c1ccccc1)C(=O)Nc1ccc(C(=O)O)cc1. The standard InChI is InChI=1S/C20H12Cl2N4O3/c21-17-16(26(20(22)25-17)15-4-2-1-3-5-15)10-13(11-23)18(27)24-14-8-6-12(7-9-14)19(28)29/h1-10H,(H,24,27)(H,28,29). The van der Waals surface area contributed by atoms with Gasteiger partial charge in [0.15, 0.2) is 5.15 Å². The number of carbonyl (C=O) groups is 2. The van der Waals surface area contributed by atoms with E-state index in [1.54, 1.807) is 24.3 Å². The average Bonchev–Trinajstić information content (AvgIpc) is 2.99. The van der Waals surface area contributed by atoms with Gasteiger partial charge in [-0.25, -0.2) is 9.78 Å². The first-order chi connectivity index (χ1) is 13.9.